The second kappa shape index (κ2) is 6.37. The van der Waals surface area contributed by atoms with Gasteiger partial charge in [-0.25, -0.2) is 4.68 Å². The van der Waals surface area contributed by atoms with Gasteiger partial charge in [0.15, 0.2) is 0 Å². The largest absolute Gasteiger partial charge is 0.361 e. The van der Waals surface area contributed by atoms with E-state index in [1.807, 2.05) is 37.4 Å². The molecule has 0 aliphatic carbocycles. The number of nitrogens with one attached hydrogen (secondary N) is 1. The SMILES string of the molecule is Cc1noc(C)c1CC(=O)Nc1ccccc1-n1cc(Br)cn1. The highest BCUT2D eigenvalue weighted by Gasteiger charge is 2.15. The van der Waals surface area contributed by atoms with E-state index >= 15 is 0 Å². The summed E-state index contributed by atoms with van der Waals surface area (Å²) < 4.78 is 7.67. The maximum atomic E-state index is 12.4. The molecule has 0 bridgehead atoms. The van der Waals surface area contributed by atoms with Crippen LogP contribution in [0.2, 0.25) is 0 Å². The molecule has 0 atom stereocenters. The lowest BCUT2D eigenvalue weighted by molar-refractivity contribution is -0.115. The molecular weight excluding hydrogens is 360 g/mol. The molecule has 1 amide bonds. The molecule has 0 fully saturated rings. The molecule has 3 aromatic rings. The van der Waals surface area contributed by atoms with E-state index in [-0.39, 0.29) is 12.3 Å². The second-order valence-corrected chi connectivity index (χ2v) is 6.06. The molecule has 0 aliphatic rings. The van der Waals surface area contributed by atoms with Crippen molar-refractivity contribution in [1.29, 1.82) is 0 Å². The Labute approximate surface area is 141 Å². The van der Waals surface area contributed by atoms with Gasteiger partial charge in [0.05, 0.1) is 34.2 Å². The number of benzene rings is 1. The van der Waals surface area contributed by atoms with Gasteiger partial charge in [0, 0.05) is 11.8 Å². The van der Waals surface area contributed by atoms with Gasteiger partial charge in [0.1, 0.15) is 5.76 Å². The summed E-state index contributed by atoms with van der Waals surface area (Å²) >= 11 is 3.37. The van der Waals surface area contributed by atoms with Gasteiger partial charge in [-0.3, -0.25) is 4.79 Å². The Bertz CT molecular complexity index is 834. The molecule has 118 valence electrons. The topological polar surface area (TPSA) is 73.0 Å². The molecule has 1 aromatic carbocycles. The Hall–Kier alpha value is -2.41. The highest BCUT2D eigenvalue weighted by atomic mass is 79.9. The zero-order valence-corrected chi connectivity index (χ0v) is 14.3. The number of anilines is 1. The number of halogens is 1. The van der Waals surface area contributed by atoms with Crippen molar-refractivity contribution < 1.29 is 9.32 Å². The maximum Gasteiger partial charge on any atom is 0.229 e. The number of aryl methyl sites for hydroxylation is 2. The zero-order chi connectivity index (χ0) is 16.4. The number of hydrogen-bond donors (Lipinski definition) is 1. The van der Waals surface area contributed by atoms with Gasteiger partial charge < -0.3 is 9.84 Å². The van der Waals surface area contributed by atoms with E-state index in [0.29, 0.717) is 11.4 Å². The molecule has 2 heterocycles. The third-order valence-electron chi connectivity index (χ3n) is 3.49. The monoisotopic (exact) mass is 374 g/mol. The molecule has 2 aromatic heterocycles. The van der Waals surface area contributed by atoms with Gasteiger partial charge in [-0.05, 0) is 41.9 Å². The van der Waals surface area contributed by atoms with Crippen LogP contribution in [0.25, 0.3) is 5.69 Å². The van der Waals surface area contributed by atoms with Crippen molar-refractivity contribution in [3.05, 3.63) is 58.1 Å². The number of aromatic nitrogens is 3. The van der Waals surface area contributed by atoms with Crippen LogP contribution in [0.1, 0.15) is 17.0 Å². The van der Waals surface area contributed by atoms with Crippen LogP contribution in [0.3, 0.4) is 0 Å². The van der Waals surface area contributed by atoms with Gasteiger partial charge in [-0.2, -0.15) is 5.10 Å². The summed E-state index contributed by atoms with van der Waals surface area (Å²) in [5.41, 5.74) is 3.05. The highest BCUT2D eigenvalue weighted by Crippen LogP contribution is 2.22. The predicted molar refractivity (Wildman–Crippen MR) is 89.6 cm³/mol. The molecule has 0 saturated heterocycles. The number of hydrogen-bond acceptors (Lipinski definition) is 4. The molecule has 0 saturated carbocycles. The van der Waals surface area contributed by atoms with E-state index < -0.39 is 0 Å². The molecule has 1 N–H and O–H groups in total. The fourth-order valence-corrected chi connectivity index (χ4v) is 2.61. The molecule has 0 unspecified atom stereocenters. The molecular formula is C16H15BrN4O2. The lowest BCUT2D eigenvalue weighted by atomic mass is 10.1. The van der Waals surface area contributed by atoms with E-state index in [1.165, 1.54) is 0 Å². The van der Waals surface area contributed by atoms with Crippen molar-refractivity contribution in [3.8, 4) is 5.69 Å². The van der Waals surface area contributed by atoms with Crippen molar-refractivity contribution in [3.63, 3.8) is 0 Å². The van der Waals surface area contributed by atoms with Crippen LogP contribution in [-0.4, -0.2) is 20.8 Å². The van der Waals surface area contributed by atoms with Crippen molar-refractivity contribution >= 4 is 27.5 Å². The quantitative estimate of drug-likeness (QED) is 0.759. The minimum absolute atomic E-state index is 0.127. The predicted octanol–water partition coefficient (Wildman–Crippen LogP) is 3.42. The summed E-state index contributed by atoms with van der Waals surface area (Å²) in [6, 6.07) is 7.50. The second-order valence-electron chi connectivity index (χ2n) is 5.15. The van der Waals surface area contributed by atoms with Gasteiger partial charge in [-0.1, -0.05) is 17.3 Å². The van der Waals surface area contributed by atoms with Gasteiger partial charge in [0.25, 0.3) is 0 Å². The Morgan fingerprint density at radius 1 is 1.35 bits per heavy atom. The first-order chi connectivity index (χ1) is 11.0. The zero-order valence-electron chi connectivity index (χ0n) is 12.7. The van der Waals surface area contributed by atoms with E-state index in [2.05, 4.69) is 31.5 Å². The van der Waals surface area contributed by atoms with E-state index in [0.717, 1.165) is 21.4 Å². The van der Waals surface area contributed by atoms with Crippen LogP contribution in [0.5, 0.6) is 0 Å². The first kappa shape index (κ1) is 15.5. The minimum Gasteiger partial charge on any atom is -0.361 e. The van der Waals surface area contributed by atoms with E-state index in [4.69, 9.17) is 4.52 Å². The average molecular weight is 375 g/mol. The molecule has 0 aliphatic heterocycles. The number of carbonyl (C=O) groups is 1. The summed E-state index contributed by atoms with van der Waals surface area (Å²) in [7, 11) is 0. The van der Waals surface area contributed by atoms with Gasteiger partial charge in [0.2, 0.25) is 5.91 Å². The molecule has 0 spiro atoms. The number of nitrogens with zero attached hydrogens (tertiary/aromatic N) is 3. The fourth-order valence-electron chi connectivity index (χ4n) is 2.32. The standard InChI is InChI=1S/C16H15BrN4O2/c1-10-13(11(2)23-20-10)7-16(22)19-14-5-3-4-6-15(14)21-9-12(17)8-18-21/h3-6,8-9H,7H2,1-2H3,(H,19,22). The number of amides is 1. The Morgan fingerprint density at radius 2 is 2.13 bits per heavy atom. The summed E-state index contributed by atoms with van der Waals surface area (Å²) in [4.78, 5) is 12.4. The van der Waals surface area contributed by atoms with Crippen molar-refractivity contribution in [1.82, 2.24) is 14.9 Å². The Morgan fingerprint density at radius 3 is 2.78 bits per heavy atom. The van der Waals surface area contributed by atoms with Crippen LogP contribution in [0.4, 0.5) is 5.69 Å². The average Bonchev–Trinajstić information content (AvgIpc) is 3.08. The van der Waals surface area contributed by atoms with E-state index in [1.54, 1.807) is 17.8 Å². The first-order valence-corrected chi connectivity index (χ1v) is 7.85. The highest BCUT2D eigenvalue weighted by molar-refractivity contribution is 9.10. The molecule has 0 radical (unpaired) electrons. The number of rotatable bonds is 4. The van der Waals surface area contributed by atoms with Crippen molar-refractivity contribution in [2.45, 2.75) is 20.3 Å². The summed E-state index contributed by atoms with van der Waals surface area (Å²) in [6.07, 6.45) is 3.75. The molecule has 7 heteroatoms. The summed E-state index contributed by atoms with van der Waals surface area (Å²) in [5.74, 6) is 0.542. The molecule has 23 heavy (non-hydrogen) atoms. The first-order valence-electron chi connectivity index (χ1n) is 7.06. The minimum atomic E-state index is -0.127. The summed E-state index contributed by atoms with van der Waals surface area (Å²) in [5, 5.41) is 11.0. The molecule has 6 nitrogen and oxygen atoms in total. The Balaban J connectivity index is 1.82. The van der Waals surface area contributed by atoms with Gasteiger partial charge in [-0.15, -0.1) is 0 Å². The van der Waals surface area contributed by atoms with Crippen molar-refractivity contribution in [2.75, 3.05) is 5.32 Å². The number of carbonyl (C=O) groups excluding carboxylic acids is 1. The van der Waals surface area contributed by atoms with Crippen molar-refractivity contribution in [2.24, 2.45) is 0 Å². The van der Waals surface area contributed by atoms with Crippen LogP contribution >= 0.6 is 15.9 Å². The lowest BCUT2D eigenvalue weighted by Crippen LogP contribution is -2.16. The van der Waals surface area contributed by atoms with E-state index in [9.17, 15) is 4.79 Å². The van der Waals surface area contributed by atoms with Crippen LogP contribution in [-0.2, 0) is 11.2 Å². The fraction of sp³-hybridized carbons (Fsp3) is 0.188. The molecule has 3 rings (SSSR count). The number of para-hydroxylation sites is 2. The van der Waals surface area contributed by atoms with Crippen LogP contribution < -0.4 is 5.32 Å². The Kier molecular flexibility index (Phi) is 4.29. The van der Waals surface area contributed by atoms with Crippen LogP contribution in [0, 0.1) is 13.8 Å². The lowest BCUT2D eigenvalue weighted by Gasteiger charge is -2.11. The third-order valence-corrected chi connectivity index (χ3v) is 3.90. The smallest absolute Gasteiger partial charge is 0.229 e. The van der Waals surface area contributed by atoms with Gasteiger partial charge >= 0.3 is 0 Å². The third kappa shape index (κ3) is 3.34. The maximum absolute atomic E-state index is 12.4. The normalized spacial score (nSPS) is 10.7. The summed E-state index contributed by atoms with van der Waals surface area (Å²) in [6.45, 7) is 3.63. The van der Waals surface area contributed by atoms with Crippen LogP contribution in [0.15, 0.2) is 45.7 Å².